The average Bonchev–Trinajstić information content (AvgIpc) is 2.37. The minimum atomic E-state index is -1.02. The van der Waals surface area contributed by atoms with Crippen LogP contribution in [0.25, 0.3) is 0 Å². The van der Waals surface area contributed by atoms with Crippen LogP contribution in [0.15, 0.2) is 30.3 Å². The maximum atomic E-state index is 13.7. The van der Waals surface area contributed by atoms with Crippen molar-refractivity contribution in [2.45, 2.75) is 4.83 Å². The Bertz CT molecular complexity index is 622. The molecule has 0 N–H and O–H groups in total. The number of benzene rings is 2. The summed E-state index contributed by atoms with van der Waals surface area (Å²) in [5.41, 5.74) is 0.0349. The molecule has 6 heteroatoms. The first kappa shape index (κ1) is 14.8. The van der Waals surface area contributed by atoms with Gasteiger partial charge in [-0.15, -0.1) is 0 Å². The van der Waals surface area contributed by atoms with Crippen LogP contribution in [0.3, 0.4) is 0 Å². The summed E-state index contributed by atoms with van der Waals surface area (Å²) in [4.78, 5) is -0.891. The highest BCUT2D eigenvalue weighted by Crippen LogP contribution is 2.36. The van der Waals surface area contributed by atoms with Crippen LogP contribution >= 0.6 is 15.9 Å². The van der Waals surface area contributed by atoms with Gasteiger partial charge in [-0.05, 0) is 17.7 Å². The molecule has 0 saturated heterocycles. The standard InChI is InChI=1S/C14H9BrF4O/c1-20-12-4-7(2-3-9(12)17)14(15)13-10(18)5-8(16)6-11(13)19/h2-6,14H,1H3. The van der Waals surface area contributed by atoms with Crippen molar-refractivity contribution < 1.29 is 22.3 Å². The molecular formula is C14H9BrF4O. The quantitative estimate of drug-likeness (QED) is 0.575. The molecule has 0 aliphatic heterocycles. The Morgan fingerprint density at radius 3 is 2.10 bits per heavy atom. The fraction of sp³-hybridized carbons (Fsp3) is 0.143. The molecule has 0 saturated carbocycles. The molecular weight excluding hydrogens is 340 g/mol. The number of ether oxygens (including phenoxy) is 1. The molecule has 0 aliphatic rings. The van der Waals surface area contributed by atoms with Crippen LogP contribution in [0.2, 0.25) is 0 Å². The van der Waals surface area contributed by atoms with E-state index in [1.54, 1.807) is 0 Å². The van der Waals surface area contributed by atoms with Crippen molar-refractivity contribution in [1.29, 1.82) is 0 Å². The lowest BCUT2D eigenvalue weighted by Crippen LogP contribution is -2.02. The van der Waals surface area contributed by atoms with Crippen LogP contribution in [0, 0.1) is 23.3 Å². The van der Waals surface area contributed by atoms with Crippen LogP contribution in [0.1, 0.15) is 16.0 Å². The maximum Gasteiger partial charge on any atom is 0.165 e. The first-order chi connectivity index (χ1) is 9.43. The molecule has 0 amide bonds. The van der Waals surface area contributed by atoms with Gasteiger partial charge in [0.25, 0.3) is 0 Å². The van der Waals surface area contributed by atoms with Crippen molar-refractivity contribution in [3.63, 3.8) is 0 Å². The molecule has 1 atom stereocenters. The normalized spacial score (nSPS) is 12.3. The van der Waals surface area contributed by atoms with E-state index in [4.69, 9.17) is 4.74 Å². The smallest absolute Gasteiger partial charge is 0.165 e. The highest BCUT2D eigenvalue weighted by atomic mass is 79.9. The van der Waals surface area contributed by atoms with Crippen LogP contribution in [-0.4, -0.2) is 7.11 Å². The van der Waals surface area contributed by atoms with Gasteiger partial charge in [-0.3, -0.25) is 0 Å². The zero-order valence-electron chi connectivity index (χ0n) is 10.3. The lowest BCUT2D eigenvalue weighted by atomic mass is 10.0. The van der Waals surface area contributed by atoms with Crippen molar-refractivity contribution in [2.75, 3.05) is 7.11 Å². The predicted molar refractivity (Wildman–Crippen MR) is 70.0 cm³/mol. The highest BCUT2D eigenvalue weighted by molar-refractivity contribution is 9.09. The van der Waals surface area contributed by atoms with Gasteiger partial charge in [0, 0.05) is 17.7 Å². The van der Waals surface area contributed by atoms with Gasteiger partial charge < -0.3 is 4.74 Å². The third-order valence-electron chi connectivity index (χ3n) is 2.77. The fourth-order valence-corrected chi connectivity index (χ4v) is 2.52. The summed E-state index contributed by atoms with van der Waals surface area (Å²) in [6.45, 7) is 0. The molecule has 20 heavy (non-hydrogen) atoms. The summed E-state index contributed by atoms with van der Waals surface area (Å²) < 4.78 is 58.4. The van der Waals surface area contributed by atoms with Gasteiger partial charge in [0.2, 0.25) is 0 Å². The maximum absolute atomic E-state index is 13.7. The van der Waals surface area contributed by atoms with Crippen molar-refractivity contribution in [3.8, 4) is 5.75 Å². The monoisotopic (exact) mass is 348 g/mol. The summed E-state index contributed by atoms with van der Waals surface area (Å²) in [6, 6.07) is 4.99. The molecule has 106 valence electrons. The van der Waals surface area contributed by atoms with Crippen molar-refractivity contribution >= 4 is 15.9 Å². The number of hydrogen-bond donors (Lipinski definition) is 0. The molecule has 0 fully saturated rings. The Morgan fingerprint density at radius 1 is 0.950 bits per heavy atom. The lowest BCUT2D eigenvalue weighted by molar-refractivity contribution is 0.386. The van der Waals surface area contributed by atoms with Crippen LogP contribution in [0.5, 0.6) is 5.75 Å². The van der Waals surface area contributed by atoms with Gasteiger partial charge in [0.05, 0.1) is 11.9 Å². The molecule has 0 aromatic heterocycles. The van der Waals surface area contributed by atoms with Crippen molar-refractivity contribution in [3.05, 3.63) is 64.7 Å². The minimum absolute atomic E-state index is 0.0464. The average molecular weight is 349 g/mol. The first-order valence-corrected chi connectivity index (χ1v) is 6.47. The van der Waals surface area contributed by atoms with Crippen molar-refractivity contribution in [2.24, 2.45) is 0 Å². The minimum Gasteiger partial charge on any atom is -0.494 e. The topological polar surface area (TPSA) is 9.23 Å². The summed E-state index contributed by atoms with van der Waals surface area (Å²) in [5, 5.41) is 0. The Kier molecular flexibility index (Phi) is 4.32. The lowest BCUT2D eigenvalue weighted by Gasteiger charge is -2.14. The van der Waals surface area contributed by atoms with E-state index in [1.807, 2.05) is 0 Å². The second-order valence-corrected chi connectivity index (χ2v) is 4.96. The number of halogens is 5. The zero-order chi connectivity index (χ0) is 14.9. The van der Waals surface area contributed by atoms with Gasteiger partial charge in [-0.25, -0.2) is 17.6 Å². The summed E-state index contributed by atoms with van der Waals surface area (Å²) in [6.07, 6.45) is 0. The number of alkyl halides is 1. The Labute approximate surface area is 121 Å². The largest absolute Gasteiger partial charge is 0.494 e. The fourth-order valence-electron chi connectivity index (χ4n) is 1.80. The van der Waals surface area contributed by atoms with Gasteiger partial charge in [0.15, 0.2) is 11.6 Å². The van der Waals surface area contributed by atoms with E-state index in [0.717, 1.165) is 6.07 Å². The molecule has 0 heterocycles. The Morgan fingerprint density at radius 2 is 1.55 bits per heavy atom. The van der Waals surface area contributed by atoms with E-state index in [2.05, 4.69) is 15.9 Å². The molecule has 1 unspecified atom stereocenters. The summed E-state index contributed by atoms with van der Waals surface area (Å²) in [5.74, 6) is -3.67. The summed E-state index contributed by atoms with van der Waals surface area (Å²) in [7, 11) is 1.28. The molecule has 2 aromatic carbocycles. The van der Waals surface area contributed by atoms with E-state index in [-0.39, 0.29) is 11.3 Å². The van der Waals surface area contributed by atoms with Crippen molar-refractivity contribution in [1.82, 2.24) is 0 Å². The second-order valence-electron chi connectivity index (χ2n) is 4.04. The van der Waals surface area contributed by atoms with Gasteiger partial charge in [-0.2, -0.15) is 0 Å². The Hall–Kier alpha value is -1.56. The third-order valence-corrected chi connectivity index (χ3v) is 3.75. The van der Waals surface area contributed by atoms with E-state index < -0.39 is 28.1 Å². The molecule has 0 aliphatic carbocycles. The van der Waals surface area contributed by atoms with Crippen LogP contribution in [0.4, 0.5) is 17.6 Å². The van der Waals surface area contributed by atoms with E-state index >= 15 is 0 Å². The van der Waals surface area contributed by atoms with Gasteiger partial charge in [0.1, 0.15) is 17.5 Å². The second kappa shape index (κ2) is 5.83. The van der Waals surface area contributed by atoms with Gasteiger partial charge in [-0.1, -0.05) is 22.0 Å². The Balaban J connectivity index is 2.49. The van der Waals surface area contributed by atoms with E-state index in [0.29, 0.717) is 17.7 Å². The number of rotatable bonds is 3. The SMILES string of the molecule is COc1cc(C(Br)c2c(F)cc(F)cc2F)ccc1F. The molecule has 0 spiro atoms. The van der Waals surface area contributed by atoms with E-state index in [9.17, 15) is 17.6 Å². The number of methoxy groups -OCH3 is 1. The molecule has 2 aromatic rings. The molecule has 1 nitrogen and oxygen atoms in total. The zero-order valence-corrected chi connectivity index (χ0v) is 11.8. The first-order valence-electron chi connectivity index (χ1n) is 5.56. The van der Waals surface area contributed by atoms with Crippen LogP contribution < -0.4 is 4.74 Å². The molecule has 0 bridgehead atoms. The highest BCUT2D eigenvalue weighted by Gasteiger charge is 2.21. The van der Waals surface area contributed by atoms with Gasteiger partial charge >= 0.3 is 0 Å². The van der Waals surface area contributed by atoms with Crippen LogP contribution in [-0.2, 0) is 0 Å². The number of hydrogen-bond acceptors (Lipinski definition) is 1. The molecule has 2 rings (SSSR count). The third kappa shape index (κ3) is 2.80. The molecule has 0 radical (unpaired) electrons. The predicted octanol–water partition coefficient (Wildman–Crippen LogP) is 4.74. The summed E-state index contributed by atoms with van der Waals surface area (Å²) >= 11 is 3.13. The van der Waals surface area contributed by atoms with E-state index in [1.165, 1.54) is 19.2 Å².